The van der Waals surface area contributed by atoms with E-state index in [1.54, 1.807) is 17.0 Å². The number of nitrogens with two attached hydrogens (primary N) is 1. The number of benzene rings is 2. The number of halogens is 5. The van der Waals surface area contributed by atoms with Gasteiger partial charge in [0.15, 0.2) is 0 Å². The van der Waals surface area contributed by atoms with E-state index in [1.807, 2.05) is 0 Å². The molecule has 0 aromatic heterocycles. The summed E-state index contributed by atoms with van der Waals surface area (Å²) in [5, 5.41) is 8.70. The van der Waals surface area contributed by atoms with Crippen LogP contribution in [0.4, 0.5) is 34.1 Å². The highest BCUT2D eigenvalue weighted by Crippen LogP contribution is 2.31. The Morgan fingerprint density at radius 1 is 0.975 bits per heavy atom. The Kier molecular flexibility index (Phi) is 9.32. The largest absolute Gasteiger partial charge is 0.416 e. The van der Waals surface area contributed by atoms with Crippen LogP contribution in [0.3, 0.4) is 0 Å². The number of anilines is 2. The minimum Gasteiger partial charge on any atom is -0.334 e. The SMILES string of the molecule is NCCCC[C@@H]1C(=O)N2C[C@H](NC(=O)Nc3ccc(C(F)(F)F)cc3)C[C@H]2CN1C(=O)Nc1ccc(Cl)c(Cl)c1. The fraction of sp³-hybridized carbons (Fsp3) is 0.423. The van der Waals surface area contributed by atoms with Crippen LogP contribution in [-0.2, 0) is 11.0 Å². The summed E-state index contributed by atoms with van der Waals surface area (Å²) in [6, 6.07) is 6.29. The molecular formula is C26H29Cl2F3N6O3. The third-order valence-electron chi connectivity index (χ3n) is 6.93. The van der Waals surface area contributed by atoms with Gasteiger partial charge < -0.3 is 31.5 Å². The highest BCUT2D eigenvalue weighted by atomic mass is 35.5. The fourth-order valence-electron chi connectivity index (χ4n) is 4.99. The lowest BCUT2D eigenvalue weighted by Gasteiger charge is -2.42. The molecule has 0 unspecified atom stereocenters. The summed E-state index contributed by atoms with van der Waals surface area (Å²) >= 11 is 12.0. The van der Waals surface area contributed by atoms with Crippen LogP contribution in [0.15, 0.2) is 42.5 Å². The van der Waals surface area contributed by atoms with E-state index >= 15 is 0 Å². The van der Waals surface area contributed by atoms with Crippen LogP contribution in [0.1, 0.15) is 31.2 Å². The van der Waals surface area contributed by atoms with Crippen molar-refractivity contribution in [3.63, 3.8) is 0 Å². The van der Waals surface area contributed by atoms with Gasteiger partial charge in [-0.1, -0.05) is 23.2 Å². The molecule has 9 nitrogen and oxygen atoms in total. The number of hydrogen-bond donors (Lipinski definition) is 4. The van der Waals surface area contributed by atoms with Gasteiger partial charge in [-0.15, -0.1) is 0 Å². The summed E-state index contributed by atoms with van der Waals surface area (Å²) in [6.45, 7) is 0.965. The smallest absolute Gasteiger partial charge is 0.334 e. The van der Waals surface area contributed by atoms with Crippen LogP contribution in [0.5, 0.6) is 0 Å². The number of hydrogen-bond acceptors (Lipinski definition) is 4. The van der Waals surface area contributed by atoms with Crippen LogP contribution >= 0.6 is 23.2 Å². The molecule has 2 aromatic rings. The number of amides is 5. The molecule has 2 heterocycles. The summed E-state index contributed by atoms with van der Waals surface area (Å²) in [6.07, 6.45) is -2.29. The van der Waals surface area contributed by atoms with Crippen molar-refractivity contribution in [2.45, 2.75) is 50.0 Å². The predicted octanol–water partition coefficient (Wildman–Crippen LogP) is 5.15. The molecule has 2 aliphatic rings. The maximum absolute atomic E-state index is 13.5. The minimum atomic E-state index is -4.48. The van der Waals surface area contributed by atoms with Gasteiger partial charge >= 0.3 is 18.2 Å². The summed E-state index contributed by atoms with van der Waals surface area (Å²) < 4.78 is 38.4. The number of alkyl halides is 3. The van der Waals surface area contributed by atoms with Gasteiger partial charge in [0.2, 0.25) is 5.91 Å². The zero-order chi connectivity index (χ0) is 29.0. The molecular weight excluding hydrogens is 572 g/mol. The molecule has 216 valence electrons. The molecule has 14 heteroatoms. The molecule has 0 saturated carbocycles. The summed E-state index contributed by atoms with van der Waals surface area (Å²) in [7, 11) is 0. The van der Waals surface area contributed by atoms with Crippen molar-refractivity contribution in [2.24, 2.45) is 5.73 Å². The lowest BCUT2D eigenvalue weighted by atomic mass is 10.0. The van der Waals surface area contributed by atoms with Gasteiger partial charge in [0, 0.05) is 24.5 Å². The van der Waals surface area contributed by atoms with Crippen LogP contribution in [-0.4, -0.2) is 65.5 Å². The van der Waals surface area contributed by atoms with E-state index in [1.165, 1.54) is 23.1 Å². The Hall–Kier alpha value is -3.22. The number of carbonyl (C=O) groups excluding carboxylic acids is 3. The normalized spacial score (nSPS) is 20.8. The van der Waals surface area contributed by atoms with Crippen molar-refractivity contribution in [1.82, 2.24) is 15.1 Å². The van der Waals surface area contributed by atoms with E-state index in [4.69, 9.17) is 28.9 Å². The van der Waals surface area contributed by atoms with Gasteiger partial charge in [0.05, 0.1) is 27.7 Å². The van der Waals surface area contributed by atoms with E-state index in [-0.39, 0.29) is 35.7 Å². The molecule has 4 rings (SSSR count). The monoisotopic (exact) mass is 600 g/mol. The van der Waals surface area contributed by atoms with Crippen molar-refractivity contribution < 1.29 is 27.6 Å². The molecule has 2 fully saturated rings. The first-order valence-electron chi connectivity index (χ1n) is 12.7. The van der Waals surface area contributed by atoms with Crippen molar-refractivity contribution in [3.8, 4) is 0 Å². The van der Waals surface area contributed by atoms with Crippen molar-refractivity contribution in [1.29, 1.82) is 0 Å². The van der Waals surface area contributed by atoms with Crippen LogP contribution in [0, 0.1) is 0 Å². The van der Waals surface area contributed by atoms with E-state index in [9.17, 15) is 27.6 Å². The number of piperazine rings is 1. The van der Waals surface area contributed by atoms with E-state index in [2.05, 4.69) is 16.0 Å². The number of nitrogens with one attached hydrogen (secondary N) is 3. The first-order chi connectivity index (χ1) is 19.0. The highest BCUT2D eigenvalue weighted by molar-refractivity contribution is 6.42. The van der Waals surface area contributed by atoms with Crippen molar-refractivity contribution in [3.05, 3.63) is 58.1 Å². The van der Waals surface area contributed by atoms with Gasteiger partial charge in [0.1, 0.15) is 6.04 Å². The van der Waals surface area contributed by atoms with Crippen LogP contribution in [0.25, 0.3) is 0 Å². The van der Waals surface area contributed by atoms with E-state index in [0.29, 0.717) is 42.9 Å². The van der Waals surface area contributed by atoms with Crippen molar-refractivity contribution in [2.75, 3.05) is 30.3 Å². The van der Waals surface area contributed by atoms with Gasteiger partial charge in [-0.25, -0.2) is 9.59 Å². The standard InChI is InChI=1S/C26H29Cl2F3N6O3/c27-20-9-8-17(12-21(20)28)35-25(40)37-14-19-11-18(13-36(19)23(38)22(37)3-1-2-10-32)34-24(39)33-16-6-4-15(5-7-16)26(29,30)31/h4-9,12,18-19,22H,1-3,10-11,13-14,32H2,(H,35,40)(H2,33,34,39)/t18-,19+,22-/m1/s1. The van der Waals surface area contributed by atoms with Crippen LogP contribution in [0.2, 0.25) is 10.0 Å². The number of rotatable bonds is 7. The summed E-state index contributed by atoms with van der Waals surface area (Å²) in [5.74, 6) is -0.218. The number of unbranched alkanes of at least 4 members (excludes halogenated alkanes) is 1. The Labute approximate surface area is 239 Å². The molecule has 2 aromatic carbocycles. The topological polar surface area (TPSA) is 120 Å². The second-order valence-electron chi connectivity index (χ2n) is 9.76. The molecule has 40 heavy (non-hydrogen) atoms. The second kappa shape index (κ2) is 12.5. The molecule has 2 saturated heterocycles. The van der Waals surface area contributed by atoms with Gasteiger partial charge in [-0.3, -0.25) is 4.79 Å². The van der Waals surface area contributed by atoms with Gasteiger partial charge in [0.25, 0.3) is 0 Å². The predicted molar refractivity (Wildman–Crippen MR) is 146 cm³/mol. The molecule has 0 bridgehead atoms. The third kappa shape index (κ3) is 7.10. The maximum Gasteiger partial charge on any atom is 0.416 e. The highest BCUT2D eigenvalue weighted by Gasteiger charge is 2.47. The summed E-state index contributed by atoms with van der Waals surface area (Å²) in [4.78, 5) is 42.5. The molecule has 0 radical (unpaired) electrons. The molecule has 0 aliphatic carbocycles. The van der Waals surface area contributed by atoms with Crippen LogP contribution < -0.4 is 21.7 Å². The number of carbonyl (C=O) groups is 3. The molecule has 5 amide bonds. The Morgan fingerprint density at radius 3 is 2.33 bits per heavy atom. The second-order valence-corrected chi connectivity index (χ2v) is 10.6. The Balaban J connectivity index is 1.41. The van der Waals surface area contributed by atoms with Crippen molar-refractivity contribution >= 4 is 52.5 Å². The zero-order valence-electron chi connectivity index (χ0n) is 21.3. The quantitative estimate of drug-likeness (QED) is 0.329. The number of urea groups is 2. The van der Waals surface area contributed by atoms with Gasteiger partial charge in [-0.05, 0) is 74.7 Å². The average molecular weight is 601 g/mol. The molecule has 3 atom stereocenters. The molecule has 5 N–H and O–H groups in total. The zero-order valence-corrected chi connectivity index (χ0v) is 22.8. The lowest BCUT2D eigenvalue weighted by Crippen LogP contribution is -2.62. The first-order valence-corrected chi connectivity index (χ1v) is 13.5. The van der Waals surface area contributed by atoms with E-state index in [0.717, 1.165) is 12.1 Å². The number of fused-ring (bicyclic) bond motifs is 1. The summed E-state index contributed by atoms with van der Waals surface area (Å²) in [5.41, 5.74) is 5.43. The molecule has 0 spiro atoms. The Morgan fingerprint density at radius 2 is 1.68 bits per heavy atom. The number of nitrogens with zero attached hydrogens (tertiary/aromatic N) is 2. The third-order valence-corrected chi connectivity index (χ3v) is 7.67. The minimum absolute atomic E-state index is 0.197. The van der Waals surface area contributed by atoms with E-state index < -0.39 is 35.9 Å². The molecule has 2 aliphatic heterocycles. The maximum atomic E-state index is 13.5. The first kappa shape index (κ1) is 29.8. The fourth-order valence-corrected chi connectivity index (χ4v) is 5.29. The lowest BCUT2D eigenvalue weighted by molar-refractivity contribution is -0.142. The average Bonchev–Trinajstić information content (AvgIpc) is 3.29. The Bertz CT molecular complexity index is 1250. The van der Waals surface area contributed by atoms with Gasteiger partial charge in [-0.2, -0.15) is 13.2 Å².